The van der Waals surface area contributed by atoms with E-state index in [2.05, 4.69) is 22.0 Å². The molecule has 2 aromatic heterocycles. The first-order valence-corrected chi connectivity index (χ1v) is 13.3. The van der Waals surface area contributed by atoms with Crippen LogP contribution in [0.5, 0.6) is 11.5 Å². The van der Waals surface area contributed by atoms with Crippen LogP contribution < -0.4 is 14.4 Å². The molecule has 0 bridgehead atoms. The summed E-state index contributed by atoms with van der Waals surface area (Å²) >= 11 is 0. The number of fused-ring (bicyclic) bond motifs is 2. The Hall–Kier alpha value is -4.92. The van der Waals surface area contributed by atoms with E-state index >= 15 is 0 Å². The summed E-state index contributed by atoms with van der Waals surface area (Å²) in [5, 5.41) is 1.09. The zero-order chi connectivity index (χ0) is 27.1. The van der Waals surface area contributed by atoms with Crippen LogP contribution in [-0.2, 0) is 0 Å². The van der Waals surface area contributed by atoms with Crippen LogP contribution in [0.2, 0.25) is 0 Å². The lowest BCUT2D eigenvalue weighted by Crippen LogP contribution is -2.48. The summed E-state index contributed by atoms with van der Waals surface area (Å²) in [4.78, 5) is 27.1. The average Bonchev–Trinajstić information content (AvgIpc) is 3.46. The van der Waals surface area contributed by atoms with E-state index in [0.29, 0.717) is 68.0 Å². The predicted octanol–water partition coefficient (Wildman–Crippen LogP) is 4.96. The molecule has 0 spiro atoms. The highest BCUT2D eigenvalue weighted by atomic mass is 19.1. The second-order valence-corrected chi connectivity index (χ2v) is 9.82. The molecule has 0 radical (unpaired) electrons. The number of carbonyl (C=O) groups excluding carboxylic acids is 1. The van der Waals surface area contributed by atoms with Gasteiger partial charge in [0.15, 0.2) is 11.5 Å². The van der Waals surface area contributed by atoms with E-state index in [1.54, 1.807) is 18.3 Å². The van der Waals surface area contributed by atoms with Gasteiger partial charge in [-0.25, -0.2) is 9.37 Å². The second-order valence-electron chi connectivity index (χ2n) is 9.82. The van der Waals surface area contributed by atoms with Crippen molar-refractivity contribution in [3.05, 3.63) is 96.7 Å². The number of nitrogens with zero attached hydrogens (tertiary/aromatic N) is 5. The number of ether oxygens (including phenoxy) is 2. The van der Waals surface area contributed by atoms with Crippen molar-refractivity contribution in [3.63, 3.8) is 0 Å². The first kappa shape index (κ1) is 24.1. The predicted molar refractivity (Wildman–Crippen MR) is 150 cm³/mol. The maximum Gasteiger partial charge on any atom is 0.274 e. The van der Waals surface area contributed by atoms with Crippen LogP contribution in [0.4, 0.5) is 10.1 Å². The van der Waals surface area contributed by atoms with Crippen molar-refractivity contribution >= 4 is 22.5 Å². The smallest absolute Gasteiger partial charge is 0.274 e. The van der Waals surface area contributed by atoms with E-state index in [9.17, 15) is 9.18 Å². The van der Waals surface area contributed by atoms with Gasteiger partial charge in [-0.05, 0) is 48.5 Å². The third kappa shape index (κ3) is 4.49. The van der Waals surface area contributed by atoms with Gasteiger partial charge >= 0.3 is 0 Å². The van der Waals surface area contributed by atoms with Gasteiger partial charge in [-0.1, -0.05) is 18.2 Å². The van der Waals surface area contributed by atoms with E-state index in [4.69, 9.17) is 14.5 Å². The standard InChI is InChI=1S/C31H26FN5O3/c32-23-7-5-21(6-8-23)30-34-27(20-37(30)24-9-10-28-29(18-24)40-16-15-39-28)31(38)36-13-11-35(12-14-36)25-17-22-3-1-2-4-26(22)33-19-25/h1-10,17-20H,11-16H2. The van der Waals surface area contributed by atoms with Crippen molar-refractivity contribution < 1.29 is 18.7 Å². The normalized spacial score (nSPS) is 14.9. The number of pyridine rings is 1. The van der Waals surface area contributed by atoms with Gasteiger partial charge in [-0.3, -0.25) is 14.3 Å². The Bertz CT molecular complexity index is 1710. The molecule has 8 nitrogen and oxygen atoms in total. The van der Waals surface area contributed by atoms with E-state index in [-0.39, 0.29) is 11.7 Å². The van der Waals surface area contributed by atoms with Crippen LogP contribution in [0.15, 0.2) is 85.2 Å². The number of carbonyl (C=O) groups is 1. The van der Waals surface area contributed by atoms with Crippen molar-refractivity contribution in [3.8, 4) is 28.6 Å². The molecule has 40 heavy (non-hydrogen) atoms. The maximum atomic E-state index is 13.7. The molecule has 0 atom stereocenters. The summed E-state index contributed by atoms with van der Waals surface area (Å²) in [5.74, 6) is 1.37. The van der Waals surface area contributed by atoms with E-state index < -0.39 is 0 Å². The quantitative estimate of drug-likeness (QED) is 0.324. The maximum absolute atomic E-state index is 13.7. The summed E-state index contributed by atoms with van der Waals surface area (Å²) in [6.07, 6.45) is 3.63. The van der Waals surface area contributed by atoms with Gasteiger partial charge in [-0.2, -0.15) is 0 Å². The summed E-state index contributed by atoms with van der Waals surface area (Å²) < 4.78 is 27.0. The van der Waals surface area contributed by atoms with Gasteiger partial charge in [0.2, 0.25) is 0 Å². The molecule has 0 N–H and O–H groups in total. The minimum Gasteiger partial charge on any atom is -0.486 e. The highest BCUT2D eigenvalue weighted by molar-refractivity contribution is 5.93. The molecule has 9 heteroatoms. The topological polar surface area (TPSA) is 72.7 Å². The molecule has 4 heterocycles. The summed E-state index contributed by atoms with van der Waals surface area (Å²) in [6, 6.07) is 21.9. The Morgan fingerprint density at radius 2 is 1.60 bits per heavy atom. The molecule has 0 aliphatic carbocycles. The minimum absolute atomic E-state index is 0.143. The molecule has 1 fully saturated rings. The SMILES string of the molecule is O=C(c1cn(-c2ccc3c(c2)OCCO3)c(-c2ccc(F)cc2)n1)N1CCN(c2cnc3ccccc3c2)CC1. The number of hydrogen-bond donors (Lipinski definition) is 0. The molecule has 7 rings (SSSR count). The van der Waals surface area contributed by atoms with Crippen molar-refractivity contribution in [1.29, 1.82) is 0 Å². The number of amides is 1. The molecule has 0 unspecified atom stereocenters. The van der Waals surface area contributed by atoms with Crippen LogP contribution in [0, 0.1) is 5.82 Å². The van der Waals surface area contributed by atoms with Crippen LogP contribution in [0.25, 0.3) is 28.0 Å². The van der Waals surface area contributed by atoms with Crippen LogP contribution in [0.1, 0.15) is 10.5 Å². The molecule has 0 saturated carbocycles. The first-order valence-electron chi connectivity index (χ1n) is 13.3. The third-order valence-electron chi connectivity index (χ3n) is 7.34. The van der Waals surface area contributed by atoms with Crippen LogP contribution in [-0.4, -0.2) is 64.7 Å². The fourth-order valence-corrected chi connectivity index (χ4v) is 5.23. The number of imidazole rings is 1. The summed E-state index contributed by atoms with van der Waals surface area (Å²) in [6.45, 7) is 3.49. The Labute approximate surface area is 230 Å². The van der Waals surface area contributed by atoms with Crippen molar-refractivity contribution in [1.82, 2.24) is 19.4 Å². The van der Waals surface area contributed by atoms with E-state index in [1.807, 2.05) is 52.1 Å². The first-order chi connectivity index (χ1) is 19.6. The molecule has 5 aromatic rings. The Balaban J connectivity index is 1.15. The van der Waals surface area contributed by atoms with Gasteiger partial charge < -0.3 is 19.3 Å². The number of hydrogen-bond acceptors (Lipinski definition) is 6. The molecule has 2 aliphatic heterocycles. The zero-order valence-electron chi connectivity index (χ0n) is 21.7. The van der Waals surface area contributed by atoms with Gasteiger partial charge in [0.1, 0.15) is 30.5 Å². The number of anilines is 1. The van der Waals surface area contributed by atoms with Gasteiger partial charge in [0.05, 0.1) is 23.1 Å². The highest BCUT2D eigenvalue weighted by Crippen LogP contribution is 2.34. The number of benzene rings is 3. The lowest BCUT2D eigenvalue weighted by atomic mass is 10.2. The van der Waals surface area contributed by atoms with Crippen molar-refractivity contribution in [2.24, 2.45) is 0 Å². The molecular formula is C31H26FN5O3. The molecular weight excluding hydrogens is 509 g/mol. The fraction of sp³-hybridized carbons (Fsp3) is 0.194. The lowest BCUT2D eigenvalue weighted by molar-refractivity contribution is 0.0741. The minimum atomic E-state index is -0.336. The van der Waals surface area contributed by atoms with Gasteiger partial charge in [0, 0.05) is 49.4 Å². The number of rotatable bonds is 4. The van der Waals surface area contributed by atoms with Gasteiger partial charge in [0.25, 0.3) is 5.91 Å². The summed E-state index contributed by atoms with van der Waals surface area (Å²) in [5.41, 5.74) is 3.81. The Kier molecular flexibility index (Phi) is 6.03. The van der Waals surface area contributed by atoms with Crippen LogP contribution in [0.3, 0.4) is 0 Å². The molecule has 1 saturated heterocycles. The molecule has 3 aromatic carbocycles. The lowest BCUT2D eigenvalue weighted by Gasteiger charge is -2.35. The number of halogens is 1. The van der Waals surface area contributed by atoms with Crippen molar-refractivity contribution in [2.45, 2.75) is 0 Å². The average molecular weight is 536 g/mol. The fourth-order valence-electron chi connectivity index (χ4n) is 5.23. The molecule has 200 valence electrons. The molecule has 1 amide bonds. The monoisotopic (exact) mass is 535 g/mol. The van der Waals surface area contributed by atoms with E-state index in [0.717, 1.165) is 22.3 Å². The van der Waals surface area contributed by atoms with Crippen molar-refractivity contribution in [2.75, 3.05) is 44.3 Å². The van der Waals surface area contributed by atoms with E-state index in [1.165, 1.54) is 12.1 Å². The second kappa shape index (κ2) is 10.00. The zero-order valence-corrected chi connectivity index (χ0v) is 21.7. The Morgan fingerprint density at radius 3 is 2.42 bits per heavy atom. The van der Waals surface area contributed by atoms with Crippen LogP contribution >= 0.6 is 0 Å². The summed E-state index contributed by atoms with van der Waals surface area (Å²) in [7, 11) is 0. The molecule has 2 aliphatic rings. The highest BCUT2D eigenvalue weighted by Gasteiger charge is 2.26. The number of para-hydroxylation sites is 1. The number of piperazine rings is 1. The Morgan fingerprint density at radius 1 is 0.825 bits per heavy atom. The van der Waals surface area contributed by atoms with Gasteiger partial charge in [-0.15, -0.1) is 0 Å². The largest absolute Gasteiger partial charge is 0.486 e. The third-order valence-corrected chi connectivity index (χ3v) is 7.34. The number of aromatic nitrogens is 3.